The molecule has 3 aromatic carbocycles. The molecular formula is C27H24BrNO3. The number of carbonyl (C=O) groups is 1. The summed E-state index contributed by atoms with van der Waals surface area (Å²) in [6, 6.07) is 17.9. The topological polar surface area (TPSA) is 51.5 Å². The molecule has 0 radical (unpaired) electrons. The maximum atomic E-state index is 12.7. The summed E-state index contributed by atoms with van der Waals surface area (Å²) in [5.74, 6) is 0.459. The monoisotopic (exact) mass is 489 g/mol. The number of ether oxygens (including phenoxy) is 1. The molecule has 162 valence electrons. The first kappa shape index (κ1) is 21.9. The lowest BCUT2D eigenvalue weighted by atomic mass is 9.99. The average Bonchev–Trinajstić information content (AvgIpc) is 3.18. The highest BCUT2D eigenvalue weighted by atomic mass is 79.9. The summed E-state index contributed by atoms with van der Waals surface area (Å²) in [6.07, 6.45) is 3.35. The fraction of sp³-hybridized carbons (Fsp3) is 0.148. The molecule has 0 aliphatic rings. The minimum absolute atomic E-state index is 0.197. The second-order valence-corrected chi connectivity index (χ2v) is 8.70. The SMILES string of the molecule is COc1cc2occ(-c3ccc(C)cc3)c2cc1/C(C)=C/C(=O)Nc1ccc(Br)c(C)c1. The van der Waals surface area contributed by atoms with E-state index in [2.05, 4.69) is 52.4 Å². The van der Waals surface area contributed by atoms with Crippen LogP contribution in [0, 0.1) is 13.8 Å². The lowest BCUT2D eigenvalue weighted by Gasteiger charge is -2.11. The molecule has 32 heavy (non-hydrogen) atoms. The number of anilines is 1. The third-order valence-electron chi connectivity index (χ3n) is 5.46. The first-order valence-corrected chi connectivity index (χ1v) is 11.1. The van der Waals surface area contributed by atoms with Crippen molar-refractivity contribution in [3.05, 3.63) is 88.1 Å². The molecule has 1 amide bonds. The van der Waals surface area contributed by atoms with Crippen molar-refractivity contribution in [2.75, 3.05) is 12.4 Å². The Morgan fingerprint density at radius 3 is 2.50 bits per heavy atom. The molecule has 0 unspecified atom stereocenters. The van der Waals surface area contributed by atoms with E-state index in [1.165, 1.54) is 5.56 Å². The summed E-state index contributed by atoms with van der Waals surface area (Å²) >= 11 is 3.48. The van der Waals surface area contributed by atoms with Crippen LogP contribution in [0.4, 0.5) is 5.69 Å². The van der Waals surface area contributed by atoms with Crippen molar-refractivity contribution in [1.29, 1.82) is 0 Å². The van der Waals surface area contributed by atoms with Crippen LogP contribution in [0.25, 0.3) is 27.7 Å². The van der Waals surface area contributed by atoms with Crippen LogP contribution < -0.4 is 10.1 Å². The van der Waals surface area contributed by atoms with Crippen molar-refractivity contribution < 1.29 is 13.9 Å². The Hall–Kier alpha value is -3.31. The molecule has 5 heteroatoms. The Balaban J connectivity index is 1.69. The van der Waals surface area contributed by atoms with Gasteiger partial charge in [0.25, 0.3) is 0 Å². The highest BCUT2D eigenvalue weighted by Gasteiger charge is 2.15. The number of halogens is 1. The number of fused-ring (bicyclic) bond motifs is 1. The zero-order valence-corrected chi connectivity index (χ0v) is 20.0. The molecule has 0 atom stereocenters. The first-order valence-electron chi connectivity index (χ1n) is 10.3. The number of allylic oxidation sites excluding steroid dienone is 1. The summed E-state index contributed by atoms with van der Waals surface area (Å²) in [5, 5.41) is 3.90. The van der Waals surface area contributed by atoms with Crippen molar-refractivity contribution >= 4 is 44.1 Å². The minimum Gasteiger partial charge on any atom is -0.496 e. The van der Waals surface area contributed by atoms with Gasteiger partial charge in [-0.2, -0.15) is 0 Å². The summed E-state index contributed by atoms with van der Waals surface area (Å²) in [6.45, 7) is 5.95. The smallest absolute Gasteiger partial charge is 0.248 e. The predicted octanol–water partition coefficient (Wildman–Crippen LogP) is 7.53. The van der Waals surface area contributed by atoms with E-state index in [-0.39, 0.29) is 5.91 Å². The van der Waals surface area contributed by atoms with Gasteiger partial charge in [0, 0.05) is 38.8 Å². The van der Waals surface area contributed by atoms with Crippen molar-refractivity contribution in [2.24, 2.45) is 0 Å². The van der Waals surface area contributed by atoms with E-state index in [9.17, 15) is 4.79 Å². The van der Waals surface area contributed by atoms with E-state index in [1.807, 2.05) is 44.2 Å². The molecule has 1 heterocycles. The number of benzene rings is 3. The number of methoxy groups -OCH3 is 1. The Morgan fingerprint density at radius 2 is 1.81 bits per heavy atom. The van der Waals surface area contributed by atoms with Crippen LogP contribution in [-0.2, 0) is 4.79 Å². The Kier molecular flexibility index (Phi) is 6.19. The standard InChI is InChI=1S/C27H24BrNO3/c1-16-5-7-19(8-6-16)23-15-32-26-14-25(31-4)21(13-22(23)26)17(2)12-27(30)29-20-9-10-24(28)18(3)11-20/h5-15H,1-4H3,(H,29,30)/b17-12+. The van der Waals surface area contributed by atoms with Gasteiger partial charge in [-0.05, 0) is 61.7 Å². The van der Waals surface area contributed by atoms with Gasteiger partial charge in [-0.3, -0.25) is 4.79 Å². The highest BCUT2D eigenvalue weighted by molar-refractivity contribution is 9.10. The number of amides is 1. The number of aryl methyl sites for hydroxylation is 2. The molecule has 0 aliphatic carbocycles. The van der Waals surface area contributed by atoms with E-state index in [0.717, 1.165) is 49.0 Å². The molecular weight excluding hydrogens is 466 g/mol. The van der Waals surface area contributed by atoms with Crippen LogP contribution in [0.5, 0.6) is 5.75 Å². The molecule has 1 aromatic heterocycles. The second kappa shape index (κ2) is 9.05. The molecule has 0 spiro atoms. The molecule has 4 nitrogen and oxygen atoms in total. The quantitative estimate of drug-likeness (QED) is 0.294. The molecule has 0 aliphatic heterocycles. The van der Waals surface area contributed by atoms with Gasteiger partial charge in [0.05, 0.1) is 13.4 Å². The van der Waals surface area contributed by atoms with Gasteiger partial charge in [-0.1, -0.05) is 45.8 Å². The van der Waals surface area contributed by atoms with Crippen molar-refractivity contribution in [1.82, 2.24) is 0 Å². The van der Waals surface area contributed by atoms with Gasteiger partial charge >= 0.3 is 0 Å². The van der Waals surface area contributed by atoms with E-state index in [1.54, 1.807) is 19.4 Å². The van der Waals surface area contributed by atoms with Crippen LogP contribution in [0.2, 0.25) is 0 Å². The normalized spacial score (nSPS) is 11.6. The molecule has 0 saturated carbocycles. The van der Waals surface area contributed by atoms with Gasteiger partial charge in [0.15, 0.2) is 0 Å². The second-order valence-electron chi connectivity index (χ2n) is 7.84. The van der Waals surface area contributed by atoms with E-state index < -0.39 is 0 Å². The fourth-order valence-corrected chi connectivity index (χ4v) is 3.91. The number of rotatable bonds is 5. The van der Waals surface area contributed by atoms with Gasteiger partial charge in [-0.25, -0.2) is 0 Å². The van der Waals surface area contributed by atoms with Crippen LogP contribution in [0.3, 0.4) is 0 Å². The third-order valence-corrected chi connectivity index (χ3v) is 6.35. The summed E-state index contributed by atoms with van der Waals surface area (Å²) < 4.78 is 12.4. The molecule has 4 aromatic rings. The fourth-order valence-electron chi connectivity index (χ4n) is 3.66. The average molecular weight is 490 g/mol. The molecule has 0 bridgehead atoms. The number of furan rings is 1. The highest BCUT2D eigenvalue weighted by Crippen LogP contribution is 2.37. The van der Waals surface area contributed by atoms with Crippen molar-refractivity contribution in [3.8, 4) is 16.9 Å². The summed E-state index contributed by atoms with van der Waals surface area (Å²) in [5.41, 5.74) is 7.47. The molecule has 0 saturated heterocycles. The molecule has 1 N–H and O–H groups in total. The van der Waals surface area contributed by atoms with E-state index in [4.69, 9.17) is 9.15 Å². The summed E-state index contributed by atoms with van der Waals surface area (Å²) in [4.78, 5) is 12.7. The van der Waals surface area contributed by atoms with Gasteiger partial charge in [0.2, 0.25) is 5.91 Å². The van der Waals surface area contributed by atoms with Crippen LogP contribution in [0.15, 0.2) is 75.8 Å². The zero-order chi connectivity index (χ0) is 22.8. The molecule has 0 fully saturated rings. The number of nitrogens with one attached hydrogen (secondary N) is 1. The van der Waals surface area contributed by atoms with Crippen LogP contribution in [-0.4, -0.2) is 13.0 Å². The summed E-state index contributed by atoms with van der Waals surface area (Å²) in [7, 11) is 1.62. The Morgan fingerprint density at radius 1 is 1.06 bits per heavy atom. The zero-order valence-electron chi connectivity index (χ0n) is 18.5. The Labute approximate surface area is 196 Å². The lowest BCUT2D eigenvalue weighted by molar-refractivity contribution is -0.111. The maximum absolute atomic E-state index is 12.7. The van der Waals surface area contributed by atoms with E-state index >= 15 is 0 Å². The Bertz CT molecular complexity index is 1330. The largest absolute Gasteiger partial charge is 0.496 e. The number of hydrogen-bond donors (Lipinski definition) is 1. The lowest BCUT2D eigenvalue weighted by Crippen LogP contribution is -2.08. The van der Waals surface area contributed by atoms with Crippen molar-refractivity contribution in [2.45, 2.75) is 20.8 Å². The van der Waals surface area contributed by atoms with E-state index in [0.29, 0.717) is 5.75 Å². The van der Waals surface area contributed by atoms with Gasteiger partial charge in [0.1, 0.15) is 11.3 Å². The first-order chi connectivity index (χ1) is 15.4. The van der Waals surface area contributed by atoms with Crippen molar-refractivity contribution in [3.63, 3.8) is 0 Å². The number of hydrogen-bond acceptors (Lipinski definition) is 3. The minimum atomic E-state index is -0.197. The third kappa shape index (κ3) is 4.48. The predicted molar refractivity (Wildman–Crippen MR) is 134 cm³/mol. The van der Waals surface area contributed by atoms with Crippen LogP contribution in [0.1, 0.15) is 23.6 Å². The maximum Gasteiger partial charge on any atom is 0.248 e. The van der Waals surface area contributed by atoms with Gasteiger partial charge < -0.3 is 14.5 Å². The number of carbonyl (C=O) groups excluding carboxylic acids is 1. The molecule has 4 rings (SSSR count). The van der Waals surface area contributed by atoms with Crippen LogP contribution >= 0.6 is 15.9 Å². The van der Waals surface area contributed by atoms with Gasteiger partial charge in [-0.15, -0.1) is 0 Å².